The Morgan fingerprint density at radius 2 is 2.11 bits per heavy atom. The maximum absolute atomic E-state index is 12.2. The molecular formula is C15H23N3O. The molecule has 0 bridgehead atoms. The van der Waals surface area contributed by atoms with E-state index >= 15 is 0 Å². The van der Waals surface area contributed by atoms with Crippen LogP contribution >= 0.6 is 0 Å². The molecule has 2 rings (SSSR count). The Morgan fingerprint density at radius 1 is 1.37 bits per heavy atom. The first-order valence-corrected chi connectivity index (χ1v) is 7.04. The van der Waals surface area contributed by atoms with E-state index in [0.29, 0.717) is 12.6 Å². The molecule has 2 amide bonds. The summed E-state index contributed by atoms with van der Waals surface area (Å²) in [6.07, 6.45) is 5.93. The van der Waals surface area contributed by atoms with Gasteiger partial charge in [0, 0.05) is 25.3 Å². The van der Waals surface area contributed by atoms with Crippen molar-refractivity contribution in [3.63, 3.8) is 0 Å². The van der Waals surface area contributed by atoms with E-state index in [9.17, 15) is 4.79 Å². The second-order valence-electron chi connectivity index (χ2n) is 5.22. The number of benzene rings is 1. The Hall–Kier alpha value is -1.55. The molecular weight excluding hydrogens is 238 g/mol. The third kappa shape index (κ3) is 3.70. The fraction of sp³-hybridized carbons (Fsp3) is 0.533. The molecule has 1 aliphatic rings. The lowest BCUT2D eigenvalue weighted by Crippen LogP contribution is -2.44. The minimum atomic E-state index is -0.0268. The molecule has 1 fully saturated rings. The first-order valence-electron chi connectivity index (χ1n) is 7.04. The van der Waals surface area contributed by atoms with Gasteiger partial charge >= 0.3 is 6.03 Å². The number of carbonyl (C=O) groups is 1. The number of nitrogens with two attached hydrogens (primary N) is 1. The Bertz CT molecular complexity index is 427. The quantitative estimate of drug-likeness (QED) is 0.878. The summed E-state index contributed by atoms with van der Waals surface area (Å²) < 4.78 is 0. The number of carbonyl (C=O) groups excluding carboxylic acids is 1. The minimum absolute atomic E-state index is 0.0268. The van der Waals surface area contributed by atoms with Crippen LogP contribution in [0.4, 0.5) is 10.5 Å². The summed E-state index contributed by atoms with van der Waals surface area (Å²) in [5.41, 5.74) is 7.55. The smallest absolute Gasteiger partial charge is 0.321 e. The number of rotatable bonds is 3. The highest BCUT2D eigenvalue weighted by atomic mass is 16.2. The summed E-state index contributed by atoms with van der Waals surface area (Å²) in [5.74, 6) is 0. The van der Waals surface area contributed by atoms with E-state index in [2.05, 4.69) is 5.32 Å². The predicted molar refractivity (Wildman–Crippen MR) is 78.1 cm³/mol. The van der Waals surface area contributed by atoms with Crippen LogP contribution in [0, 0.1) is 0 Å². The predicted octanol–water partition coefficient (Wildman–Crippen LogP) is 2.62. The number of nitrogens with zero attached hydrogens (tertiary/aromatic N) is 1. The topological polar surface area (TPSA) is 58.4 Å². The zero-order chi connectivity index (χ0) is 13.7. The summed E-state index contributed by atoms with van der Waals surface area (Å²) in [7, 11) is 1.80. The van der Waals surface area contributed by atoms with Crippen LogP contribution < -0.4 is 16.0 Å². The van der Waals surface area contributed by atoms with Gasteiger partial charge in [-0.3, -0.25) is 4.90 Å². The van der Waals surface area contributed by atoms with Crippen LogP contribution in [-0.2, 0) is 6.54 Å². The van der Waals surface area contributed by atoms with Crippen molar-refractivity contribution >= 4 is 11.7 Å². The SMILES string of the molecule is CN(C(=O)NC1CCCCC1)c1cccc(CN)c1. The summed E-state index contributed by atoms with van der Waals surface area (Å²) in [6, 6.07) is 8.10. The maximum atomic E-state index is 12.2. The summed E-state index contributed by atoms with van der Waals surface area (Å²) >= 11 is 0. The Kier molecular flexibility index (Phi) is 4.80. The van der Waals surface area contributed by atoms with Gasteiger partial charge in [0.15, 0.2) is 0 Å². The minimum Gasteiger partial charge on any atom is -0.335 e. The van der Waals surface area contributed by atoms with Gasteiger partial charge in [0.2, 0.25) is 0 Å². The van der Waals surface area contributed by atoms with Gasteiger partial charge in [-0.25, -0.2) is 4.79 Å². The molecule has 0 aliphatic heterocycles. The van der Waals surface area contributed by atoms with Gasteiger partial charge in [0.05, 0.1) is 0 Å². The molecule has 4 heteroatoms. The highest BCUT2D eigenvalue weighted by Crippen LogP contribution is 2.19. The van der Waals surface area contributed by atoms with Crippen LogP contribution in [0.25, 0.3) is 0 Å². The van der Waals surface area contributed by atoms with Crippen molar-refractivity contribution in [3.8, 4) is 0 Å². The van der Waals surface area contributed by atoms with E-state index in [1.807, 2.05) is 24.3 Å². The lowest BCUT2D eigenvalue weighted by atomic mass is 9.96. The molecule has 1 aromatic rings. The first kappa shape index (κ1) is 13.9. The fourth-order valence-electron chi connectivity index (χ4n) is 2.53. The summed E-state index contributed by atoms with van der Waals surface area (Å²) in [5, 5.41) is 3.11. The second-order valence-corrected chi connectivity index (χ2v) is 5.22. The molecule has 1 saturated carbocycles. The van der Waals surface area contributed by atoms with E-state index in [1.54, 1.807) is 11.9 Å². The number of anilines is 1. The first-order chi connectivity index (χ1) is 9.20. The van der Waals surface area contributed by atoms with Crippen LogP contribution in [0.5, 0.6) is 0 Å². The van der Waals surface area contributed by atoms with E-state index in [-0.39, 0.29) is 6.03 Å². The average Bonchev–Trinajstić information content (AvgIpc) is 2.47. The molecule has 4 nitrogen and oxygen atoms in total. The number of nitrogens with one attached hydrogen (secondary N) is 1. The molecule has 1 aliphatic carbocycles. The maximum Gasteiger partial charge on any atom is 0.321 e. The van der Waals surface area contributed by atoms with Crippen LogP contribution in [0.1, 0.15) is 37.7 Å². The lowest BCUT2D eigenvalue weighted by Gasteiger charge is -2.26. The van der Waals surface area contributed by atoms with Crippen LogP contribution in [0.3, 0.4) is 0 Å². The van der Waals surface area contributed by atoms with E-state index in [0.717, 1.165) is 24.1 Å². The highest BCUT2D eigenvalue weighted by Gasteiger charge is 2.18. The number of hydrogen-bond donors (Lipinski definition) is 2. The Balaban J connectivity index is 1.97. The van der Waals surface area contributed by atoms with E-state index < -0.39 is 0 Å². The molecule has 0 spiro atoms. The van der Waals surface area contributed by atoms with Crippen molar-refractivity contribution in [2.24, 2.45) is 5.73 Å². The number of hydrogen-bond acceptors (Lipinski definition) is 2. The van der Waals surface area contributed by atoms with E-state index in [4.69, 9.17) is 5.73 Å². The van der Waals surface area contributed by atoms with Crippen molar-refractivity contribution in [2.45, 2.75) is 44.7 Å². The van der Waals surface area contributed by atoms with Crippen LogP contribution in [-0.4, -0.2) is 19.1 Å². The largest absolute Gasteiger partial charge is 0.335 e. The lowest BCUT2D eigenvalue weighted by molar-refractivity contribution is 0.239. The summed E-state index contributed by atoms with van der Waals surface area (Å²) in [6.45, 7) is 0.492. The normalized spacial score (nSPS) is 16.1. The third-order valence-corrected chi connectivity index (χ3v) is 3.77. The summed E-state index contributed by atoms with van der Waals surface area (Å²) in [4.78, 5) is 13.9. The molecule has 0 saturated heterocycles. The van der Waals surface area contributed by atoms with Crippen molar-refractivity contribution in [2.75, 3.05) is 11.9 Å². The molecule has 104 valence electrons. The van der Waals surface area contributed by atoms with Crippen LogP contribution in [0.15, 0.2) is 24.3 Å². The van der Waals surface area contributed by atoms with Crippen molar-refractivity contribution in [1.29, 1.82) is 0 Å². The fourth-order valence-corrected chi connectivity index (χ4v) is 2.53. The Morgan fingerprint density at radius 3 is 2.79 bits per heavy atom. The van der Waals surface area contributed by atoms with E-state index in [1.165, 1.54) is 19.3 Å². The molecule has 1 aromatic carbocycles. The van der Waals surface area contributed by atoms with Gasteiger partial charge in [0.25, 0.3) is 0 Å². The standard InChI is InChI=1S/C15H23N3O/c1-18(14-9-5-6-12(10-14)11-16)15(19)17-13-7-3-2-4-8-13/h5-6,9-10,13H,2-4,7-8,11,16H2,1H3,(H,17,19). The molecule has 0 atom stereocenters. The molecule has 3 N–H and O–H groups in total. The van der Waals surface area contributed by atoms with Gasteiger partial charge < -0.3 is 11.1 Å². The van der Waals surface area contributed by atoms with Gasteiger partial charge in [-0.2, -0.15) is 0 Å². The molecule has 0 unspecified atom stereocenters. The second kappa shape index (κ2) is 6.57. The highest BCUT2D eigenvalue weighted by molar-refractivity contribution is 5.91. The monoisotopic (exact) mass is 261 g/mol. The van der Waals surface area contributed by atoms with Gasteiger partial charge in [-0.1, -0.05) is 31.4 Å². The molecule has 0 heterocycles. The van der Waals surface area contributed by atoms with Gasteiger partial charge in [-0.05, 0) is 30.5 Å². The number of urea groups is 1. The van der Waals surface area contributed by atoms with Gasteiger partial charge in [0.1, 0.15) is 0 Å². The van der Waals surface area contributed by atoms with Gasteiger partial charge in [-0.15, -0.1) is 0 Å². The van der Waals surface area contributed by atoms with Crippen LogP contribution in [0.2, 0.25) is 0 Å². The average molecular weight is 261 g/mol. The zero-order valence-electron chi connectivity index (χ0n) is 11.6. The molecule has 0 aromatic heterocycles. The third-order valence-electron chi connectivity index (χ3n) is 3.77. The Labute approximate surface area is 115 Å². The van der Waals surface area contributed by atoms with Crippen molar-refractivity contribution < 1.29 is 4.79 Å². The molecule has 0 radical (unpaired) electrons. The number of amides is 2. The molecule has 19 heavy (non-hydrogen) atoms. The van der Waals surface area contributed by atoms with Crippen molar-refractivity contribution in [1.82, 2.24) is 5.32 Å². The van der Waals surface area contributed by atoms with Crippen molar-refractivity contribution in [3.05, 3.63) is 29.8 Å². The zero-order valence-corrected chi connectivity index (χ0v) is 11.6.